The molecule has 0 bridgehead atoms. The summed E-state index contributed by atoms with van der Waals surface area (Å²) in [7, 11) is 0. The fourth-order valence-corrected chi connectivity index (χ4v) is 3.86. The van der Waals surface area contributed by atoms with Gasteiger partial charge in [0.05, 0.1) is 0 Å². The van der Waals surface area contributed by atoms with Crippen LogP contribution in [0, 0.1) is 0 Å². The predicted octanol–water partition coefficient (Wildman–Crippen LogP) is 3.28. The van der Waals surface area contributed by atoms with Crippen LogP contribution in [-0.2, 0) is 10.5 Å². The normalized spacial score (nSPS) is 10.7. The summed E-state index contributed by atoms with van der Waals surface area (Å²) >= 11 is 3.52. The molecule has 1 amide bonds. The molecule has 3 rings (SSSR count). The number of rotatable bonds is 8. The maximum absolute atomic E-state index is 11.8. The Kier molecular flexibility index (Phi) is 6.14. The van der Waals surface area contributed by atoms with Crippen LogP contribution in [0.4, 0.5) is 0 Å². The zero-order chi connectivity index (χ0) is 17.5. The standard InChI is InChI=1S/C18H17NO4S2/c20-17(19-7-9-24-12-15-2-1-8-25-15)11-22-14-5-3-13-4-6-18(21)23-16(13)10-14/h1-6,8,10H,7,9,11-12H2,(H,19,20). The molecule has 1 N–H and O–H groups in total. The van der Waals surface area contributed by atoms with Gasteiger partial charge >= 0.3 is 5.63 Å². The number of nitrogens with one attached hydrogen (secondary N) is 1. The van der Waals surface area contributed by atoms with Crippen molar-refractivity contribution in [3.63, 3.8) is 0 Å². The van der Waals surface area contributed by atoms with E-state index in [0.717, 1.165) is 16.9 Å². The number of thioether (sulfide) groups is 1. The van der Waals surface area contributed by atoms with E-state index < -0.39 is 5.63 Å². The molecule has 2 aromatic heterocycles. The molecule has 0 atom stereocenters. The van der Waals surface area contributed by atoms with Crippen LogP contribution < -0.4 is 15.7 Å². The smallest absolute Gasteiger partial charge is 0.336 e. The van der Waals surface area contributed by atoms with E-state index in [9.17, 15) is 9.59 Å². The topological polar surface area (TPSA) is 68.5 Å². The maximum Gasteiger partial charge on any atom is 0.336 e. The van der Waals surface area contributed by atoms with Gasteiger partial charge in [0.1, 0.15) is 11.3 Å². The molecule has 0 saturated carbocycles. The van der Waals surface area contributed by atoms with E-state index in [2.05, 4.69) is 16.8 Å². The summed E-state index contributed by atoms with van der Waals surface area (Å²) in [5, 5.41) is 5.69. The van der Waals surface area contributed by atoms with E-state index in [1.54, 1.807) is 47.4 Å². The van der Waals surface area contributed by atoms with Gasteiger partial charge in [-0.2, -0.15) is 11.8 Å². The Labute approximate surface area is 153 Å². The molecular formula is C18H17NO4S2. The number of carbonyl (C=O) groups excluding carboxylic acids is 1. The molecule has 0 unspecified atom stereocenters. The lowest BCUT2D eigenvalue weighted by molar-refractivity contribution is -0.122. The minimum Gasteiger partial charge on any atom is -0.484 e. The van der Waals surface area contributed by atoms with E-state index >= 15 is 0 Å². The second kappa shape index (κ2) is 8.73. The van der Waals surface area contributed by atoms with Crippen molar-refractivity contribution in [3.05, 3.63) is 63.1 Å². The molecule has 0 fully saturated rings. The highest BCUT2D eigenvalue weighted by molar-refractivity contribution is 7.98. The lowest BCUT2D eigenvalue weighted by Crippen LogP contribution is -2.30. The summed E-state index contributed by atoms with van der Waals surface area (Å²) in [5.74, 6) is 2.13. The molecule has 5 nitrogen and oxygen atoms in total. The van der Waals surface area contributed by atoms with Crippen molar-refractivity contribution in [1.82, 2.24) is 5.32 Å². The van der Waals surface area contributed by atoms with Crippen LogP contribution in [0.15, 0.2) is 57.1 Å². The van der Waals surface area contributed by atoms with Crippen molar-refractivity contribution in [2.75, 3.05) is 18.9 Å². The van der Waals surface area contributed by atoms with Crippen LogP contribution in [0.25, 0.3) is 11.0 Å². The Morgan fingerprint density at radius 3 is 2.96 bits per heavy atom. The molecule has 3 aromatic rings. The summed E-state index contributed by atoms with van der Waals surface area (Å²) in [6.07, 6.45) is 0. The molecule has 2 heterocycles. The van der Waals surface area contributed by atoms with Gasteiger partial charge in [0, 0.05) is 40.4 Å². The number of hydrogen-bond donors (Lipinski definition) is 1. The average molecular weight is 375 g/mol. The summed E-state index contributed by atoms with van der Waals surface area (Å²) in [6, 6.07) is 12.3. The molecule has 1 aromatic carbocycles. The first-order chi connectivity index (χ1) is 12.2. The van der Waals surface area contributed by atoms with Gasteiger partial charge in [0.2, 0.25) is 0 Å². The predicted molar refractivity (Wildman–Crippen MR) is 101 cm³/mol. The number of carbonyl (C=O) groups is 1. The van der Waals surface area contributed by atoms with E-state index in [-0.39, 0.29) is 12.5 Å². The molecule has 0 aliphatic rings. The third kappa shape index (κ3) is 5.37. The minimum absolute atomic E-state index is 0.0713. The maximum atomic E-state index is 11.8. The largest absolute Gasteiger partial charge is 0.484 e. The number of benzene rings is 1. The van der Waals surface area contributed by atoms with Crippen molar-refractivity contribution < 1.29 is 13.9 Å². The quantitative estimate of drug-likeness (QED) is 0.483. The fraction of sp³-hybridized carbons (Fsp3) is 0.222. The SMILES string of the molecule is O=C(COc1ccc2ccc(=O)oc2c1)NCCSCc1cccs1. The summed E-state index contributed by atoms with van der Waals surface area (Å²) in [4.78, 5) is 24.4. The first-order valence-corrected chi connectivity index (χ1v) is 9.78. The lowest BCUT2D eigenvalue weighted by Gasteiger charge is -2.08. The summed E-state index contributed by atoms with van der Waals surface area (Å²) in [6.45, 7) is 0.531. The Morgan fingerprint density at radius 1 is 1.24 bits per heavy atom. The average Bonchev–Trinajstić information content (AvgIpc) is 3.12. The van der Waals surface area contributed by atoms with Gasteiger partial charge in [-0.25, -0.2) is 4.79 Å². The van der Waals surface area contributed by atoms with Crippen molar-refractivity contribution in [3.8, 4) is 5.75 Å². The molecule has 7 heteroatoms. The van der Waals surface area contributed by atoms with Crippen LogP contribution in [0.1, 0.15) is 4.88 Å². The zero-order valence-electron chi connectivity index (χ0n) is 13.4. The fourth-order valence-electron chi connectivity index (χ4n) is 2.16. The highest BCUT2D eigenvalue weighted by atomic mass is 32.2. The first-order valence-electron chi connectivity index (χ1n) is 7.74. The van der Waals surface area contributed by atoms with Crippen LogP contribution in [0.3, 0.4) is 0 Å². The Hall–Kier alpha value is -2.25. The molecule has 0 spiro atoms. The molecule has 0 radical (unpaired) electrons. The van der Waals surface area contributed by atoms with Gasteiger partial charge < -0.3 is 14.5 Å². The zero-order valence-corrected chi connectivity index (χ0v) is 15.0. The van der Waals surface area contributed by atoms with Crippen molar-refractivity contribution in [2.24, 2.45) is 0 Å². The molecule has 130 valence electrons. The van der Waals surface area contributed by atoms with Gasteiger partial charge in [-0.05, 0) is 29.6 Å². The molecule has 25 heavy (non-hydrogen) atoms. The van der Waals surface area contributed by atoms with Gasteiger partial charge in [-0.3, -0.25) is 4.79 Å². The number of amides is 1. The highest BCUT2D eigenvalue weighted by Crippen LogP contribution is 2.19. The molecule has 0 aliphatic heterocycles. The first kappa shape index (κ1) is 17.6. The van der Waals surface area contributed by atoms with Crippen LogP contribution in [-0.4, -0.2) is 24.8 Å². The third-order valence-corrected chi connectivity index (χ3v) is 5.42. The second-order valence-electron chi connectivity index (χ2n) is 5.22. The third-order valence-electron chi connectivity index (χ3n) is 3.36. The van der Waals surface area contributed by atoms with Crippen molar-refractivity contribution in [2.45, 2.75) is 5.75 Å². The molecule has 0 saturated heterocycles. The van der Waals surface area contributed by atoms with Crippen LogP contribution in [0.5, 0.6) is 5.75 Å². The van der Waals surface area contributed by atoms with Gasteiger partial charge in [-0.15, -0.1) is 11.3 Å². The van der Waals surface area contributed by atoms with Crippen LogP contribution >= 0.6 is 23.1 Å². The number of ether oxygens (including phenoxy) is 1. The highest BCUT2D eigenvalue weighted by Gasteiger charge is 2.05. The number of hydrogen-bond acceptors (Lipinski definition) is 6. The number of thiophene rings is 1. The Morgan fingerprint density at radius 2 is 2.12 bits per heavy atom. The Balaban J connectivity index is 1.39. The van der Waals surface area contributed by atoms with E-state index in [1.165, 1.54) is 10.9 Å². The monoisotopic (exact) mass is 375 g/mol. The van der Waals surface area contributed by atoms with Crippen molar-refractivity contribution in [1.29, 1.82) is 0 Å². The minimum atomic E-state index is -0.414. The van der Waals surface area contributed by atoms with E-state index in [1.807, 2.05) is 6.07 Å². The van der Waals surface area contributed by atoms with E-state index in [4.69, 9.17) is 9.15 Å². The number of fused-ring (bicyclic) bond motifs is 1. The lowest BCUT2D eigenvalue weighted by atomic mass is 10.2. The van der Waals surface area contributed by atoms with Gasteiger partial charge in [0.15, 0.2) is 6.61 Å². The molecular weight excluding hydrogens is 358 g/mol. The van der Waals surface area contributed by atoms with Gasteiger partial charge in [0.25, 0.3) is 5.91 Å². The molecule has 0 aliphatic carbocycles. The van der Waals surface area contributed by atoms with Crippen molar-refractivity contribution >= 4 is 40.0 Å². The summed E-state index contributed by atoms with van der Waals surface area (Å²) < 4.78 is 10.5. The summed E-state index contributed by atoms with van der Waals surface area (Å²) in [5.41, 5.74) is 0.0258. The van der Waals surface area contributed by atoms with Crippen LogP contribution in [0.2, 0.25) is 0 Å². The Bertz CT molecular complexity index is 889. The van der Waals surface area contributed by atoms with Gasteiger partial charge in [-0.1, -0.05) is 6.07 Å². The second-order valence-corrected chi connectivity index (χ2v) is 7.36. The van der Waals surface area contributed by atoms with E-state index in [0.29, 0.717) is 17.9 Å².